The normalized spacial score (nSPS) is 16.1. The lowest BCUT2D eigenvalue weighted by molar-refractivity contribution is 0.0663. The van der Waals surface area contributed by atoms with Gasteiger partial charge in [-0.2, -0.15) is 0 Å². The van der Waals surface area contributed by atoms with Crippen LogP contribution in [0.1, 0.15) is 0 Å². The van der Waals surface area contributed by atoms with E-state index < -0.39 is 6.10 Å². The van der Waals surface area contributed by atoms with E-state index in [4.69, 9.17) is 16.3 Å². The van der Waals surface area contributed by atoms with Gasteiger partial charge >= 0.3 is 0 Å². The fourth-order valence-corrected chi connectivity index (χ4v) is 3.81. The Bertz CT molecular complexity index is 1030. The second-order valence-electron chi connectivity index (χ2n) is 7.30. The quantitative estimate of drug-likeness (QED) is 0.650. The van der Waals surface area contributed by atoms with Crippen LogP contribution >= 0.6 is 11.6 Å². The van der Waals surface area contributed by atoms with Gasteiger partial charge in [0.2, 0.25) is 5.56 Å². The highest BCUT2D eigenvalue weighted by Crippen LogP contribution is 2.21. The third-order valence-electron chi connectivity index (χ3n) is 5.15. The second kappa shape index (κ2) is 8.86. The minimum absolute atomic E-state index is 0.128. The number of β-amino-alcohol motifs (C(OH)–C–C–N with tert-alkyl or cyclic N) is 1. The number of aromatic nitrogens is 1. The molecule has 1 aliphatic heterocycles. The van der Waals surface area contributed by atoms with Crippen molar-refractivity contribution >= 4 is 28.2 Å². The lowest BCUT2D eigenvalue weighted by Gasteiger charge is -2.36. The summed E-state index contributed by atoms with van der Waals surface area (Å²) < 4.78 is 5.76. The van der Waals surface area contributed by atoms with Gasteiger partial charge in [-0.1, -0.05) is 17.7 Å². The molecule has 1 fully saturated rings. The molecule has 0 saturated carbocycles. The lowest BCUT2D eigenvalue weighted by Crippen LogP contribution is -2.49. The molecule has 3 aromatic rings. The summed E-state index contributed by atoms with van der Waals surface area (Å²) in [4.78, 5) is 18.7. The number of nitrogens with zero attached hydrogens (tertiary/aromatic N) is 2. The molecule has 2 aromatic carbocycles. The number of H-pyrrole nitrogens is 1. The maximum atomic E-state index is 11.4. The first-order valence-electron chi connectivity index (χ1n) is 9.74. The fraction of sp³-hybridized carbons (Fsp3) is 0.318. The van der Waals surface area contributed by atoms with E-state index in [1.165, 1.54) is 6.07 Å². The number of hydrogen-bond donors (Lipinski definition) is 2. The number of benzene rings is 2. The zero-order valence-corrected chi connectivity index (χ0v) is 16.8. The number of ether oxygens (including phenoxy) is 1. The number of halogens is 1. The molecule has 1 aliphatic rings. The molecule has 2 heterocycles. The smallest absolute Gasteiger partial charge is 0.248 e. The molecule has 2 N–H and O–H groups in total. The lowest BCUT2D eigenvalue weighted by atomic mass is 10.2. The summed E-state index contributed by atoms with van der Waals surface area (Å²) in [5.74, 6) is 0.675. The largest absolute Gasteiger partial charge is 0.491 e. The average molecular weight is 414 g/mol. The molecule has 29 heavy (non-hydrogen) atoms. The van der Waals surface area contributed by atoms with Crippen molar-refractivity contribution < 1.29 is 9.84 Å². The first-order valence-corrected chi connectivity index (χ1v) is 10.1. The predicted molar refractivity (Wildman–Crippen MR) is 116 cm³/mol. The van der Waals surface area contributed by atoms with Crippen LogP contribution in [-0.4, -0.2) is 60.4 Å². The number of rotatable bonds is 6. The van der Waals surface area contributed by atoms with Gasteiger partial charge in [0.05, 0.1) is 0 Å². The molecule has 1 saturated heterocycles. The molecule has 0 radical (unpaired) electrons. The molecular formula is C22H24ClN3O3. The standard InChI is InChI=1S/C22H24ClN3O3/c23-17-2-1-3-18(13-17)26-10-8-25(9-11-26)14-19(27)15-29-20-5-6-21-16(12-20)4-7-22(28)24-21/h1-7,12-13,19,27H,8-11,14-15H2,(H,24,28)/t19-/m0/s1. The first-order chi connectivity index (χ1) is 14.1. The highest BCUT2D eigenvalue weighted by molar-refractivity contribution is 6.30. The van der Waals surface area contributed by atoms with Crippen LogP contribution < -0.4 is 15.2 Å². The Morgan fingerprint density at radius 2 is 1.90 bits per heavy atom. The van der Waals surface area contributed by atoms with E-state index >= 15 is 0 Å². The number of aliphatic hydroxyl groups is 1. The Hall–Kier alpha value is -2.54. The van der Waals surface area contributed by atoms with Crippen molar-refractivity contribution in [3.8, 4) is 5.75 Å². The molecular weight excluding hydrogens is 390 g/mol. The summed E-state index contributed by atoms with van der Waals surface area (Å²) in [6.45, 7) is 4.36. The van der Waals surface area contributed by atoms with Gasteiger partial charge in [0.25, 0.3) is 0 Å². The van der Waals surface area contributed by atoms with E-state index in [-0.39, 0.29) is 12.2 Å². The number of anilines is 1. The molecule has 7 heteroatoms. The zero-order chi connectivity index (χ0) is 20.2. The molecule has 6 nitrogen and oxygen atoms in total. The van der Waals surface area contributed by atoms with E-state index in [0.29, 0.717) is 12.3 Å². The molecule has 0 unspecified atom stereocenters. The molecule has 0 amide bonds. The van der Waals surface area contributed by atoms with Crippen molar-refractivity contribution in [2.45, 2.75) is 6.10 Å². The Labute approximate surface area is 174 Å². The van der Waals surface area contributed by atoms with Gasteiger partial charge in [-0.3, -0.25) is 9.69 Å². The third-order valence-corrected chi connectivity index (χ3v) is 5.39. The van der Waals surface area contributed by atoms with E-state index in [1.54, 1.807) is 12.1 Å². The SMILES string of the molecule is O=c1ccc2cc(OC[C@@H](O)CN3CCN(c4cccc(Cl)c4)CC3)ccc2[nH]1. The van der Waals surface area contributed by atoms with Crippen LogP contribution in [0.15, 0.2) is 59.4 Å². The summed E-state index contributed by atoms with van der Waals surface area (Å²) in [7, 11) is 0. The summed E-state index contributed by atoms with van der Waals surface area (Å²) >= 11 is 6.09. The van der Waals surface area contributed by atoms with Gasteiger partial charge in [-0.05, 0) is 42.5 Å². The number of nitrogens with one attached hydrogen (secondary N) is 1. The van der Waals surface area contributed by atoms with Crippen LogP contribution in [0, 0.1) is 0 Å². The molecule has 1 aromatic heterocycles. The van der Waals surface area contributed by atoms with Gasteiger partial charge in [0.15, 0.2) is 0 Å². The van der Waals surface area contributed by atoms with E-state index in [2.05, 4.69) is 20.9 Å². The van der Waals surface area contributed by atoms with Crippen LogP contribution in [0.2, 0.25) is 5.02 Å². The molecule has 0 aliphatic carbocycles. The fourth-order valence-electron chi connectivity index (χ4n) is 3.63. The van der Waals surface area contributed by atoms with Crippen LogP contribution in [0.25, 0.3) is 10.9 Å². The Morgan fingerprint density at radius 3 is 2.69 bits per heavy atom. The van der Waals surface area contributed by atoms with Crippen LogP contribution in [0.4, 0.5) is 5.69 Å². The third kappa shape index (κ3) is 5.09. The van der Waals surface area contributed by atoms with Crippen molar-refractivity contribution in [2.75, 3.05) is 44.2 Å². The number of pyridine rings is 1. The van der Waals surface area contributed by atoms with Crippen LogP contribution in [0.5, 0.6) is 5.75 Å². The zero-order valence-electron chi connectivity index (χ0n) is 16.1. The monoisotopic (exact) mass is 413 g/mol. The summed E-state index contributed by atoms with van der Waals surface area (Å²) in [5.41, 5.74) is 1.78. The van der Waals surface area contributed by atoms with Gasteiger partial charge < -0.3 is 19.7 Å². The van der Waals surface area contributed by atoms with E-state index in [1.807, 2.05) is 30.3 Å². The first kappa shape index (κ1) is 19.8. The Morgan fingerprint density at radius 1 is 1.07 bits per heavy atom. The highest BCUT2D eigenvalue weighted by atomic mass is 35.5. The molecule has 1 atom stereocenters. The summed E-state index contributed by atoms with van der Waals surface area (Å²) in [5, 5.41) is 12.0. The van der Waals surface area contributed by atoms with Crippen molar-refractivity contribution in [1.82, 2.24) is 9.88 Å². The van der Waals surface area contributed by atoms with Crippen LogP contribution in [-0.2, 0) is 0 Å². The van der Waals surface area contributed by atoms with Gasteiger partial charge in [-0.25, -0.2) is 0 Å². The van der Waals surface area contributed by atoms with Crippen molar-refractivity contribution in [1.29, 1.82) is 0 Å². The number of hydrogen-bond acceptors (Lipinski definition) is 5. The number of aliphatic hydroxyl groups excluding tert-OH is 1. The Balaban J connectivity index is 1.25. The predicted octanol–water partition coefficient (Wildman–Crippen LogP) is 2.74. The highest BCUT2D eigenvalue weighted by Gasteiger charge is 2.20. The Kier molecular flexibility index (Phi) is 6.04. The minimum atomic E-state index is -0.570. The van der Waals surface area contributed by atoms with Crippen molar-refractivity contribution in [3.63, 3.8) is 0 Å². The van der Waals surface area contributed by atoms with E-state index in [9.17, 15) is 9.90 Å². The van der Waals surface area contributed by atoms with Crippen molar-refractivity contribution in [3.05, 3.63) is 70.0 Å². The second-order valence-corrected chi connectivity index (χ2v) is 7.74. The van der Waals surface area contributed by atoms with Crippen LogP contribution in [0.3, 0.4) is 0 Å². The van der Waals surface area contributed by atoms with E-state index in [0.717, 1.165) is 47.8 Å². The van der Waals surface area contributed by atoms with Gasteiger partial charge in [0, 0.05) is 60.4 Å². The van der Waals surface area contributed by atoms with Crippen molar-refractivity contribution in [2.24, 2.45) is 0 Å². The minimum Gasteiger partial charge on any atom is -0.491 e. The topological polar surface area (TPSA) is 68.8 Å². The van der Waals surface area contributed by atoms with Gasteiger partial charge in [-0.15, -0.1) is 0 Å². The van der Waals surface area contributed by atoms with Gasteiger partial charge in [0.1, 0.15) is 18.5 Å². The molecule has 0 bridgehead atoms. The maximum absolute atomic E-state index is 11.4. The average Bonchev–Trinajstić information content (AvgIpc) is 2.73. The molecule has 0 spiro atoms. The number of piperazine rings is 1. The summed E-state index contributed by atoms with van der Waals surface area (Å²) in [6.07, 6.45) is -0.570. The number of fused-ring (bicyclic) bond motifs is 1. The molecule has 152 valence electrons. The summed E-state index contributed by atoms with van der Waals surface area (Å²) in [6, 6.07) is 16.6. The molecule has 4 rings (SSSR count). The maximum Gasteiger partial charge on any atom is 0.248 e. The number of aromatic amines is 1.